The molecule has 1 saturated carbocycles. The van der Waals surface area contributed by atoms with Crippen molar-refractivity contribution in [1.82, 2.24) is 15.6 Å². The van der Waals surface area contributed by atoms with Gasteiger partial charge < -0.3 is 56.3 Å². The molecule has 0 spiro atoms. The van der Waals surface area contributed by atoms with E-state index in [1.165, 1.54) is 7.11 Å². The van der Waals surface area contributed by atoms with Crippen LogP contribution >= 0.6 is 0 Å². The van der Waals surface area contributed by atoms with Crippen LogP contribution in [-0.2, 0) is 41.7 Å². The summed E-state index contributed by atoms with van der Waals surface area (Å²) in [6, 6.07) is 31.1. The fourth-order valence-electron chi connectivity index (χ4n) is 14.0. The van der Waals surface area contributed by atoms with Gasteiger partial charge >= 0.3 is 0 Å². The Balaban J connectivity index is 1.05. The number of rotatable bonds is 10. The highest BCUT2D eigenvalue weighted by Crippen LogP contribution is 2.46. The zero-order valence-electron chi connectivity index (χ0n) is 49.7. The van der Waals surface area contributed by atoms with Crippen LogP contribution in [0.15, 0.2) is 127 Å². The lowest BCUT2D eigenvalue weighted by molar-refractivity contribution is -0.142. The first-order valence-electron chi connectivity index (χ1n) is 31.0. The predicted octanol–water partition coefficient (Wildman–Crippen LogP) is 11.2. The van der Waals surface area contributed by atoms with E-state index >= 15 is 4.79 Å². The Hall–Kier alpha value is -7.34. The summed E-state index contributed by atoms with van der Waals surface area (Å²) in [6.45, 7) is 8.01. The molecule has 11 atom stereocenters. The number of H-pyrrole nitrogens is 1. The number of aromatic hydroxyl groups is 3. The molecule has 5 aromatic carbocycles. The average Bonchev–Trinajstić information content (AvgIpc) is 3.95. The number of dihydropyridines is 1. The summed E-state index contributed by atoms with van der Waals surface area (Å²) in [6.07, 6.45) is 10.7. The first kappa shape index (κ1) is 60.8. The van der Waals surface area contributed by atoms with Crippen molar-refractivity contribution in [2.75, 3.05) is 32.1 Å². The second-order valence-electron chi connectivity index (χ2n) is 25.0. The summed E-state index contributed by atoms with van der Waals surface area (Å²) in [5.41, 5.74) is 9.16. The van der Waals surface area contributed by atoms with Crippen LogP contribution in [0.5, 0.6) is 23.0 Å². The lowest BCUT2D eigenvalue weighted by Gasteiger charge is -2.33. The van der Waals surface area contributed by atoms with E-state index in [4.69, 9.17) is 4.74 Å². The molecule has 2 aliphatic heterocycles. The molecule has 10 rings (SSSR count). The molecule has 0 radical (unpaired) electrons. The third-order valence-electron chi connectivity index (χ3n) is 18.8. The van der Waals surface area contributed by atoms with Crippen LogP contribution in [-0.4, -0.2) is 92.2 Å². The molecule has 1 aromatic heterocycles. The van der Waals surface area contributed by atoms with E-state index < -0.39 is 47.6 Å². The summed E-state index contributed by atoms with van der Waals surface area (Å²) in [4.78, 5) is 33.2. The van der Waals surface area contributed by atoms with Gasteiger partial charge in [-0.05, 0) is 192 Å². The van der Waals surface area contributed by atoms with Crippen molar-refractivity contribution in [3.8, 4) is 34.8 Å². The van der Waals surface area contributed by atoms with Gasteiger partial charge in [0.25, 0.3) is 0 Å². The first-order valence-corrected chi connectivity index (χ1v) is 31.0. The molecule has 10 N–H and O–H groups in total. The highest BCUT2D eigenvalue weighted by Gasteiger charge is 2.44. The molecule has 0 amide bonds. The lowest BCUT2D eigenvalue weighted by atomic mass is 9.73. The van der Waals surface area contributed by atoms with Crippen LogP contribution < -0.4 is 20.7 Å². The lowest BCUT2D eigenvalue weighted by Crippen LogP contribution is -2.40. The number of phenolic OH excluding ortho intramolecular Hbond substituents is 3. The Morgan fingerprint density at radius 1 is 0.800 bits per heavy atom. The van der Waals surface area contributed by atoms with Gasteiger partial charge in [0.2, 0.25) is 0 Å². The summed E-state index contributed by atoms with van der Waals surface area (Å²) in [5, 5.41) is 81.2. The van der Waals surface area contributed by atoms with Gasteiger partial charge in [0.15, 0.2) is 29.2 Å². The number of hydrogen-bond acceptors (Lipinski definition) is 12. The number of aryl methyl sites for hydroxylation is 3. The number of allylic oxidation sites excluding steroid dienone is 2. The van der Waals surface area contributed by atoms with Gasteiger partial charge in [0, 0.05) is 73.7 Å². The van der Waals surface area contributed by atoms with Crippen LogP contribution in [0.25, 0.3) is 10.8 Å². The van der Waals surface area contributed by atoms with E-state index in [2.05, 4.69) is 83.9 Å². The van der Waals surface area contributed by atoms with Gasteiger partial charge in [-0.15, -0.1) is 0 Å². The maximum absolute atomic E-state index is 15.3. The van der Waals surface area contributed by atoms with Crippen molar-refractivity contribution >= 4 is 28.0 Å². The summed E-state index contributed by atoms with van der Waals surface area (Å²) < 4.78 is 5.64. The second kappa shape index (κ2) is 27.8. The molecule has 3 heterocycles. The van der Waals surface area contributed by atoms with E-state index in [-0.39, 0.29) is 65.9 Å². The van der Waals surface area contributed by atoms with Gasteiger partial charge in [-0.2, -0.15) is 0 Å². The third kappa shape index (κ3) is 14.8. The van der Waals surface area contributed by atoms with E-state index in [0.29, 0.717) is 75.0 Å². The first-order chi connectivity index (χ1) is 41.1. The molecule has 9 bridgehead atoms. The summed E-state index contributed by atoms with van der Waals surface area (Å²) in [5.74, 6) is 5.86. The molecular formula is C72H86N4O9. The molecule has 2 aliphatic carbocycles. The monoisotopic (exact) mass is 1150 g/mol. The van der Waals surface area contributed by atoms with Crippen molar-refractivity contribution in [3.63, 3.8) is 0 Å². The summed E-state index contributed by atoms with van der Waals surface area (Å²) >= 11 is 0. The normalized spacial score (nSPS) is 25.5. The minimum absolute atomic E-state index is 0.0322. The SMILES string of the molecule is CCCC1C(O)Cc2cc(c[nH]2)C(C)CNCC(O)Cc2ccc3ccc(cc3c2O)NC2=CC(=CCN2)CC2CC3C#CC(c4ccccc4CCC(C)CCc4cccc(O)c4)c4cc(O)c(OC)cc4CCC(=O)C(O)C(=O)C3CC1C2. The molecule has 6 aromatic rings. The summed E-state index contributed by atoms with van der Waals surface area (Å²) in [7, 11) is 1.49. The maximum Gasteiger partial charge on any atom is 0.173 e. The predicted molar refractivity (Wildman–Crippen MR) is 335 cm³/mol. The van der Waals surface area contributed by atoms with E-state index in [0.717, 1.165) is 93.6 Å². The van der Waals surface area contributed by atoms with Crippen LogP contribution in [0.1, 0.15) is 135 Å². The Kier molecular flexibility index (Phi) is 19.9. The standard InChI is InChI=1S/C72H86N4O9/c1-5-9-60-53-30-47(28-46-26-27-74-69(32-46)76-55-23-20-49-18-19-52(70(82)64(49)37-55)34-58(78)42-73-40-44(3)54-33-56(75-41-54)38-66(60)80)29-50-21-24-61(59-13-7-6-11-48(59)17-15-43(2)14-16-45-10-8-12-57(77)31-45)62-39-67(81)68(85-4)36-51(62)22-25-65(79)72(84)71(83)63(50)35-53/h6-8,10-13,18-20,23,26,31-33,36-37,39,41,43-44,47,50,53,58,60-61,63,66,72-78,80-82,84H,5,9,14-17,22,25,27-30,34-35,38,40,42H2,1-4H3. The van der Waals surface area contributed by atoms with Gasteiger partial charge in [0.05, 0.1) is 25.2 Å². The molecule has 85 heavy (non-hydrogen) atoms. The minimum atomic E-state index is -1.87. The smallest absolute Gasteiger partial charge is 0.173 e. The number of fused-ring (bicyclic) bond motifs is 9. The number of carbonyl (C=O) groups is 2. The number of β-amino-alcohol motifs (C(OH)–C–C–N with tert-alkyl or cyclic N) is 1. The number of nitrogens with one attached hydrogen (secondary N) is 4. The van der Waals surface area contributed by atoms with Crippen LogP contribution in [0.4, 0.5) is 5.69 Å². The number of aromatic nitrogens is 1. The number of aromatic amines is 1. The van der Waals surface area contributed by atoms with Crippen LogP contribution in [0, 0.1) is 47.3 Å². The van der Waals surface area contributed by atoms with Gasteiger partial charge in [-0.25, -0.2) is 0 Å². The second-order valence-corrected chi connectivity index (χ2v) is 25.0. The largest absolute Gasteiger partial charge is 0.508 e. The number of Topliss-reactive ketones (excluding diaryl/α,β-unsaturated/α-hetero) is 2. The van der Waals surface area contributed by atoms with Gasteiger partial charge in [-0.1, -0.05) is 99.7 Å². The zero-order valence-corrected chi connectivity index (χ0v) is 49.7. The molecule has 13 heteroatoms. The molecule has 4 aliphatic rings. The van der Waals surface area contributed by atoms with Gasteiger partial charge in [-0.3, -0.25) is 9.59 Å². The molecule has 1 fully saturated rings. The number of ketones is 2. The molecular weight excluding hydrogens is 1060 g/mol. The highest BCUT2D eigenvalue weighted by molar-refractivity contribution is 6.06. The van der Waals surface area contributed by atoms with Crippen molar-refractivity contribution in [2.45, 2.75) is 141 Å². The number of aliphatic hydroxyl groups excluding tert-OH is 3. The van der Waals surface area contributed by atoms with Crippen molar-refractivity contribution < 1.29 is 45.0 Å². The number of carbonyl (C=O) groups excluding carboxylic acids is 2. The van der Waals surface area contributed by atoms with E-state index in [9.17, 15) is 35.4 Å². The fourth-order valence-corrected chi connectivity index (χ4v) is 14.0. The number of aliphatic hydroxyl groups is 3. The molecule has 448 valence electrons. The number of benzene rings is 5. The number of methoxy groups -OCH3 is 1. The van der Waals surface area contributed by atoms with Crippen LogP contribution in [0.3, 0.4) is 0 Å². The Bertz CT molecular complexity index is 3460. The zero-order chi connectivity index (χ0) is 59.7. The maximum atomic E-state index is 15.3. The Morgan fingerprint density at radius 3 is 2.45 bits per heavy atom. The number of hydrogen-bond donors (Lipinski definition) is 10. The number of ether oxygens (including phenoxy) is 1. The average molecular weight is 1150 g/mol. The molecule has 13 nitrogen and oxygen atoms in total. The fraction of sp³-hybridized carbons (Fsp3) is 0.444. The van der Waals surface area contributed by atoms with Gasteiger partial charge in [0.1, 0.15) is 17.3 Å². The molecule has 11 unspecified atom stereocenters. The minimum Gasteiger partial charge on any atom is -0.508 e. The Labute approximate surface area is 501 Å². The van der Waals surface area contributed by atoms with Crippen LogP contribution in [0.2, 0.25) is 0 Å². The highest BCUT2D eigenvalue weighted by atomic mass is 16.5. The Morgan fingerprint density at radius 2 is 1.62 bits per heavy atom. The number of anilines is 1. The van der Waals surface area contributed by atoms with Crippen molar-refractivity contribution in [2.24, 2.45) is 35.5 Å². The van der Waals surface area contributed by atoms with Crippen molar-refractivity contribution in [1.29, 1.82) is 0 Å². The topological polar surface area (TPSA) is 217 Å². The third-order valence-corrected chi connectivity index (χ3v) is 18.8. The van der Waals surface area contributed by atoms with Crippen molar-refractivity contribution in [3.05, 3.63) is 171 Å². The quantitative estimate of drug-likeness (QED) is 0.0458. The van der Waals surface area contributed by atoms with E-state index in [1.54, 1.807) is 18.2 Å². The number of phenols is 3. The van der Waals surface area contributed by atoms with E-state index in [1.807, 2.05) is 66.9 Å². The molecule has 0 saturated heterocycles.